The molecule has 0 unspecified atom stereocenters. The van der Waals surface area contributed by atoms with Gasteiger partial charge in [-0.15, -0.1) is 35.3 Å². The van der Waals surface area contributed by atoms with Gasteiger partial charge in [-0.3, -0.25) is 9.79 Å². The maximum absolute atomic E-state index is 12.6. The lowest BCUT2D eigenvalue weighted by molar-refractivity contribution is -0.130. The number of guanidine groups is 1. The Morgan fingerprint density at radius 1 is 1.37 bits per heavy atom. The molecule has 2 heterocycles. The Morgan fingerprint density at radius 3 is 2.78 bits per heavy atom. The fourth-order valence-corrected chi connectivity index (χ4v) is 3.76. The van der Waals surface area contributed by atoms with E-state index in [4.69, 9.17) is 0 Å². The van der Waals surface area contributed by atoms with Crippen LogP contribution in [0, 0.1) is 6.92 Å². The smallest absolute Gasteiger partial charge is 0.242 e. The molecule has 6 nitrogen and oxygen atoms in total. The first-order chi connectivity index (χ1) is 12.6. The van der Waals surface area contributed by atoms with Gasteiger partial charge in [-0.2, -0.15) is 0 Å². The van der Waals surface area contributed by atoms with E-state index < -0.39 is 0 Å². The summed E-state index contributed by atoms with van der Waals surface area (Å²) in [6, 6.07) is 8.33. The number of nitrogens with one attached hydrogen (secondary N) is 1. The number of carbonyl (C=O) groups is 1. The zero-order chi connectivity index (χ0) is 18.5. The summed E-state index contributed by atoms with van der Waals surface area (Å²) in [5, 5.41) is 6.28. The Hall–Kier alpha value is -1.68. The minimum Gasteiger partial charge on any atom is -0.347 e. The van der Waals surface area contributed by atoms with Crippen molar-refractivity contribution in [2.45, 2.75) is 26.4 Å². The fourth-order valence-electron chi connectivity index (χ4n) is 3.16. The van der Waals surface area contributed by atoms with E-state index >= 15 is 0 Å². The van der Waals surface area contributed by atoms with E-state index in [1.54, 1.807) is 18.4 Å². The van der Waals surface area contributed by atoms with Crippen molar-refractivity contribution in [2.24, 2.45) is 4.99 Å². The second-order valence-electron chi connectivity index (χ2n) is 6.45. The van der Waals surface area contributed by atoms with Gasteiger partial charge in [0.1, 0.15) is 0 Å². The lowest BCUT2D eigenvalue weighted by atomic mass is 10.00. The maximum atomic E-state index is 12.6. The Balaban J connectivity index is 0.00000261. The van der Waals surface area contributed by atoms with Crippen LogP contribution in [0.5, 0.6) is 0 Å². The Labute approximate surface area is 181 Å². The number of hydrogen-bond donors (Lipinski definition) is 1. The van der Waals surface area contributed by atoms with Crippen molar-refractivity contribution in [3.63, 3.8) is 0 Å². The Kier molecular flexibility index (Phi) is 8.03. The van der Waals surface area contributed by atoms with E-state index in [1.807, 2.05) is 29.8 Å². The van der Waals surface area contributed by atoms with Crippen molar-refractivity contribution >= 4 is 47.2 Å². The van der Waals surface area contributed by atoms with Crippen molar-refractivity contribution in [1.82, 2.24) is 20.1 Å². The molecule has 0 atom stereocenters. The lowest BCUT2D eigenvalue weighted by Crippen LogP contribution is -2.46. The molecule has 1 N–H and O–H groups in total. The van der Waals surface area contributed by atoms with E-state index in [2.05, 4.69) is 38.9 Å². The number of carbonyl (C=O) groups excluding carboxylic acids is 1. The third-order valence-electron chi connectivity index (χ3n) is 4.52. The predicted octanol–water partition coefficient (Wildman–Crippen LogP) is 2.66. The monoisotopic (exact) mass is 499 g/mol. The van der Waals surface area contributed by atoms with Crippen molar-refractivity contribution < 1.29 is 4.79 Å². The minimum atomic E-state index is 0. The van der Waals surface area contributed by atoms with Crippen LogP contribution in [-0.2, 0) is 24.3 Å². The van der Waals surface area contributed by atoms with Crippen LogP contribution >= 0.6 is 35.3 Å². The van der Waals surface area contributed by atoms with Crippen LogP contribution in [0.15, 0.2) is 34.6 Å². The van der Waals surface area contributed by atoms with Crippen molar-refractivity contribution in [1.29, 1.82) is 0 Å². The number of thiazole rings is 1. The normalized spacial score (nSPS) is 13.6. The molecule has 0 aliphatic carbocycles. The highest BCUT2D eigenvalue weighted by atomic mass is 127. The van der Waals surface area contributed by atoms with E-state index in [0.717, 1.165) is 23.7 Å². The largest absolute Gasteiger partial charge is 0.347 e. The highest BCUT2D eigenvalue weighted by Gasteiger charge is 2.20. The number of aryl methyl sites for hydroxylation is 1. The Bertz CT molecular complexity index is 807. The molecular weight excluding hydrogens is 473 g/mol. The van der Waals surface area contributed by atoms with Gasteiger partial charge in [-0.1, -0.05) is 24.3 Å². The zero-order valence-corrected chi connectivity index (χ0v) is 19.1. The molecule has 0 bridgehead atoms. The van der Waals surface area contributed by atoms with Gasteiger partial charge in [0.15, 0.2) is 5.96 Å². The molecule has 3 rings (SSSR count). The van der Waals surface area contributed by atoms with Gasteiger partial charge in [0.25, 0.3) is 0 Å². The first kappa shape index (κ1) is 21.6. The number of aliphatic imine (C=N–C) groups is 1. The number of aromatic nitrogens is 1. The van der Waals surface area contributed by atoms with Crippen LogP contribution in [-0.4, -0.2) is 53.8 Å². The first-order valence-corrected chi connectivity index (χ1v) is 9.62. The molecule has 0 radical (unpaired) electrons. The van der Waals surface area contributed by atoms with Gasteiger partial charge in [0.05, 0.1) is 23.8 Å². The molecular formula is C19H26IN5OS. The van der Waals surface area contributed by atoms with E-state index in [0.29, 0.717) is 19.0 Å². The molecule has 0 spiro atoms. The summed E-state index contributed by atoms with van der Waals surface area (Å²) in [7, 11) is 3.68. The topological polar surface area (TPSA) is 60.8 Å². The summed E-state index contributed by atoms with van der Waals surface area (Å²) in [6.45, 7) is 4.36. The third-order valence-corrected chi connectivity index (χ3v) is 5.34. The van der Waals surface area contributed by atoms with Crippen LogP contribution in [0.25, 0.3) is 0 Å². The lowest BCUT2D eigenvalue weighted by Gasteiger charge is -2.29. The van der Waals surface area contributed by atoms with Crippen LogP contribution in [0.2, 0.25) is 0 Å². The maximum Gasteiger partial charge on any atom is 0.242 e. The third kappa shape index (κ3) is 5.65. The molecule has 1 aliphatic rings. The van der Waals surface area contributed by atoms with Crippen LogP contribution in [0.1, 0.15) is 21.8 Å². The number of fused-ring (bicyclic) bond motifs is 1. The predicted molar refractivity (Wildman–Crippen MR) is 121 cm³/mol. The second kappa shape index (κ2) is 10.0. The van der Waals surface area contributed by atoms with Crippen LogP contribution in [0.4, 0.5) is 0 Å². The van der Waals surface area contributed by atoms with Gasteiger partial charge < -0.3 is 15.1 Å². The van der Waals surface area contributed by atoms with Gasteiger partial charge in [-0.25, -0.2) is 4.98 Å². The summed E-state index contributed by atoms with van der Waals surface area (Å²) in [6.07, 6.45) is 0.916. The highest BCUT2D eigenvalue weighted by Crippen LogP contribution is 2.18. The molecule has 1 aromatic carbocycles. The number of benzene rings is 1. The number of nitrogens with zero attached hydrogens (tertiary/aromatic N) is 4. The van der Waals surface area contributed by atoms with Crippen LogP contribution < -0.4 is 5.32 Å². The molecule has 2 aromatic rings. The Morgan fingerprint density at radius 2 is 2.11 bits per heavy atom. The molecule has 0 fully saturated rings. The van der Waals surface area contributed by atoms with Crippen molar-refractivity contribution in [2.75, 3.05) is 27.2 Å². The van der Waals surface area contributed by atoms with Crippen molar-refractivity contribution in [3.8, 4) is 0 Å². The average Bonchev–Trinajstić information content (AvgIpc) is 3.06. The minimum absolute atomic E-state index is 0. The summed E-state index contributed by atoms with van der Waals surface area (Å²) in [5.41, 5.74) is 3.60. The summed E-state index contributed by atoms with van der Waals surface area (Å²) < 4.78 is 0. The molecule has 27 heavy (non-hydrogen) atoms. The summed E-state index contributed by atoms with van der Waals surface area (Å²) in [5.74, 6) is 0.792. The van der Waals surface area contributed by atoms with E-state index in [1.165, 1.54) is 11.1 Å². The molecule has 1 aromatic heterocycles. The van der Waals surface area contributed by atoms with E-state index in [9.17, 15) is 4.79 Å². The zero-order valence-electron chi connectivity index (χ0n) is 15.9. The highest BCUT2D eigenvalue weighted by molar-refractivity contribution is 14.0. The number of amides is 1. The quantitative estimate of drug-likeness (QED) is 0.400. The number of halogens is 1. The first-order valence-electron chi connectivity index (χ1n) is 8.74. The van der Waals surface area contributed by atoms with Gasteiger partial charge >= 0.3 is 0 Å². The van der Waals surface area contributed by atoms with Crippen molar-refractivity contribution in [3.05, 3.63) is 51.5 Å². The van der Waals surface area contributed by atoms with Gasteiger partial charge in [0.2, 0.25) is 5.91 Å². The molecule has 8 heteroatoms. The summed E-state index contributed by atoms with van der Waals surface area (Å²) >= 11 is 1.64. The second-order valence-corrected chi connectivity index (χ2v) is 7.51. The van der Waals surface area contributed by atoms with Gasteiger partial charge in [0, 0.05) is 32.6 Å². The fraction of sp³-hybridized carbons (Fsp3) is 0.421. The molecule has 0 saturated heterocycles. The van der Waals surface area contributed by atoms with E-state index in [-0.39, 0.29) is 36.4 Å². The molecule has 146 valence electrons. The average molecular weight is 499 g/mol. The van der Waals surface area contributed by atoms with Crippen LogP contribution in [0.3, 0.4) is 0 Å². The standard InChI is InChI=1S/C19H25N5OS.HI/c1-14-22-17(13-26-14)12-23(3)19(20-2)21-10-18(25)24-9-8-15-6-4-5-7-16(15)11-24;/h4-7,13H,8-12H2,1-3H3,(H,20,21);1H. The molecule has 1 amide bonds. The van der Waals surface area contributed by atoms with Gasteiger partial charge in [-0.05, 0) is 24.5 Å². The SMILES string of the molecule is CN=C(NCC(=O)N1CCc2ccccc2C1)N(C)Cc1csc(C)n1.I. The number of hydrogen-bond acceptors (Lipinski definition) is 4. The number of rotatable bonds is 4. The molecule has 1 aliphatic heterocycles. The summed E-state index contributed by atoms with van der Waals surface area (Å²) in [4.78, 5) is 25.2. The molecule has 0 saturated carbocycles.